The average molecular weight is 1350 g/mol. The molecule has 0 radical (unpaired) electrons. The summed E-state index contributed by atoms with van der Waals surface area (Å²) in [4.78, 5) is 13.0. The lowest BCUT2D eigenvalue weighted by atomic mass is 9.41. The van der Waals surface area contributed by atoms with Gasteiger partial charge in [-0.3, -0.25) is 18.5 Å². The summed E-state index contributed by atoms with van der Waals surface area (Å²) in [5.41, 5.74) is 0.126. The van der Waals surface area contributed by atoms with Crippen molar-refractivity contribution in [2.45, 2.75) is 241 Å². The number of rotatable bonds is 20. The van der Waals surface area contributed by atoms with Crippen molar-refractivity contribution < 1.29 is 154 Å². The van der Waals surface area contributed by atoms with Crippen LogP contribution in [-0.4, -0.2) is 272 Å². The highest BCUT2D eigenvalue weighted by molar-refractivity contribution is 7.81. The van der Waals surface area contributed by atoms with Crippen LogP contribution in [0.1, 0.15) is 93.4 Å². The van der Waals surface area contributed by atoms with Crippen molar-refractivity contribution in [3.8, 4) is 0 Å². The van der Waals surface area contributed by atoms with Crippen LogP contribution in [0.25, 0.3) is 0 Å². The van der Waals surface area contributed by atoms with Crippen LogP contribution in [0.5, 0.6) is 0 Å². The number of carbonyl (C=O) groups excluding carboxylic acids is 1. The third-order valence-corrected chi connectivity index (χ3v) is 22.3. The van der Waals surface area contributed by atoms with Crippen LogP contribution in [-0.2, 0) is 101 Å². The molecule has 9 aliphatic rings. The molecule has 89 heavy (non-hydrogen) atoms. The molecular weight excluding hydrogens is 1260 g/mol. The smallest absolute Gasteiger partial charge is 0.388 e. The number of carbonyl (C=O) groups is 1. The monoisotopic (exact) mass is 1350 g/mol. The van der Waals surface area contributed by atoms with Crippen LogP contribution < -0.4 is 0 Å². The van der Waals surface area contributed by atoms with Crippen molar-refractivity contribution in [2.75, 3.05) is 33.5 Å². The third-order valence-electron chi connectivity index (χ3n) is 20.9. The molecule has 30 atom stereocenters. The molecule has 3 saturated carbocycles. The van der Waals surface area contributed by atoms with Gasteiger partial charge in [0.1, 0.15) is 110 Å². The van der Waals surface area contributed by atoms with Crippen molar-refractivity contribution in [1.82, 2.24) is 0 Å². The van der Waals surface area contributed by atoms with E-state index in [1.807, 2.05) is 0 Å². The predicted molar refractivity (Wildman–Crippen MR) is 291 cm³/mol. The molecule has 8 fully saturated rings. The van der Waals surface area contributed by atoms with Crippen LogP contribution in [0, 0.1) is 39.4 Å². The molecule has 5 aliphatic heterocycles. The molecule has 12 N–H and O–H groups in total. The lowest BCUT2D eigenvalue weighted by Gasteiger charge is -2.64. The standard InChI is InChI=1S/C53H86O33S3/c1-21(54)23-11-15-53(7)25-9-10-30-50(3,4)31(13-14-51(30,5)24(25)12-16-52(23,53)6)81-48-43(35(59)29(18-75-48)86-89(70,71)72)85-49-44(84-45-36(60)32(56)26(55)17-74-45)37(61)40(22(2)78-49)82-47-39(63)42(34(58)28(80-47)20-77-88(67,68)69)83-46-38(62)41(73-8)33(57)27(79-46)19-76-87(64,65)66/h9,22-24,26-49,55-63H,10-20H2,1-8H3,(H,64,65,66)(H,67,68,69)(H,70,71,72)/t22?,23-,24-,26?,27?,28?,29?,30?,31?,32?,33?,34?,35?,36?,37?,38?,39?,40?,41?,42?,43?,44?,45?,46?,47?,48?,49?,51?,52?,53+/m1/s1. The molecule has 0 aromatic rings. The van der Waals surface area contributed by atoms with Gasteiger partial charge in [-0.25, -0.2) is 12.5 Å². The molecule has 0 aromatic carbocycles. The van der Waals surface area contributed by atoms with Crippen molar-refractivity contribution in [2.24, 2.45) is 39.4 Å². The predicted octanol–water partition coefficient (Wildman–Crippen LogP) is -2.90. The Labute approximate surface area is 514 Å². The molecule has 5 heterocycles. The van der Waals surface area contributed by atoms with Crippen LogP contribution in [0.3, 0.4) is 0 Å². The van der Waals surface area contributed by atoms with E-state index in [-0.39, 0.29) is 39.8 Å². The number of ether oxygens (including phenoxy) is 11. The largest absolute Gasteiger partial charge is 0.397 e. The number of hydrogen-bond donors (Lipinski definition) is 12. The molecule has 0 spiro atoms. The van der Waals surface area contributed by atoms with Crippen molar-refractivity contribution in [3.05, 3.63) is 11.6 Å². The number of allylic oxidation sites excluding steroid dienone is 2. The lowest BCUT2D eigenvalue weighted by molar-refractivity contribution is -0.403. The zero-order valence-corrected chi connectivity index (χ0v) is 52.6. The van der Waals surface area contributed by atoms with Gasteiger partial charge in [0.25, 0.3) is 0 Å². The zero-order chi connectivity index (χ0) is 65.6. The lowest BCUT2D eigenvalue weighted by Crippen LogP contribution is -2.68. The summed E-state index contributed by atoms with van der Waals surface area (Å²) in [7, 11) is -14.8. The SMILES string of the molecule is COC1C(O)C(COS(=O)(=O)O)OC(OC2C(O)C(COS(=O)(=O)O)OC(OC3C(C)OC(OC4C(OC5CCC6(C)C(CC=C7[C@H]6CCC6(C)[C@@H](C(C)=O)CC[C@@]76C)C5(C)C)OCC(OS(=O)(=O)O)C4O)C(OC4OCC(O)C(O)C4O)C3O)C2O)C1O. The molecule has 33 nitrogen and oxygen atoms in total. The number of fused-ring (bicyclic) bond motifs is 5. The van der Waals surface area contributed by atoms with Crippen LogP contribution in [0.2, 0.25) is 0 Å². The molecule has 0 bridgehead atoms. The maximum atomic E-state index is 13.0. The van der Waals surface area contributed by atoms with Crippen molar-refractivity contribution in [1.29, 1.82) is 0 Å². The van der Waals surface area contributed by atoms with Gasteiger partial charge in [0.2, 0.25) is 0 Å². The van der Waals surface area contributed by atoms with Crippen molar-refractivity contribution in [3.63, 3.8) is 0 Å². The second-order valence-corrected chi connectivity index (χ2v) is 29.5. The fourth-order valence-corrected chi connectivity index (χ4v) is 17.1. The molecule has 9 rings (SSSR count). The van der Waals surface area contributed by atoms with Gasteiger partial charge < -0.3 is 98.1 Å². The summed E-state index contributed by atoms with van der Waals surface area (Å²) < 4.78 is 179. The number of aliphatic hydroxyl groups excluding tert-OH is 9. The summed E-state index contributed by atoms with van der Waals surface area (Å²) in [5, 5.41) is 102. The van der Waals surface area contributed by atoms with E-state index in [4.69, 9.17) is 56.3 Å². The first-order valence-corrected chi connectivity index (χ1v) is 33.6. The molecule has 27 unspecified atom stereocenters. The summed E-state index contributed by atoms with van der Waals surface area (Å²) in [6.45, 7) is 10.2. The Kier molecular flexibility index (Phi) is 21.4. The zero-order valence-electron chi connectivity index (χ0n) is 50.1. The minimum Gasteiger partial charge on any atom is -0.388 e. The Morgan fingerprint density at radius 1 is 0.573 bits per heavy atom. The Morgan fingerprint density at radius 2 is 1.12 bits per heavy atom. The van der Waals surface area contributed by atoms with E-state index in [0.717, 1.165) is 32.8 Å². The molecule has 0 amide bonds. The minimum atomic E-state index is -5.31. The van der Waals surface area contributed by atoms with E-state index in [0.29, 0.717) is 19.3 Å². The summed E-state index contributed by atoms with van der Waals surface area (Å²) in [6, 6.07) is 0. The highest BCUT2D eigenvalue weighted by Crippen LogP contribution is 2.73. The maximum absolute atomic E-state index is 13.0. The van der Waals surface area contributed by atoms with Crippen LogP contribution >= 0.6 is 0 Å². The molecular formula is C53H86O33S3. The fraction of sp³-hybridized carbons (Fsp3) is 0.943. The van der Waals surface area contributed by atoms with Gasteiger partial charge >= 0.3 is 31.2 Å². The minimum absolute atomic E-state index is 0.00617. The molecule has 514 valence electrons. The average Bonchev–Trinajstić information content (AvgIpc) is 1.68. The number of hydrogen-bond acceptors (Lipinski definition) is 30. The first kappa shape index (κ1) is 71.5. The Balaban J connectivity index is 0.996. The molecule has 36 heteroatoms. The quantitative estimate of drug-likeness (QED) is 0.0430. The van der Waals surface area contributed by atoms with Crippen molar-refractivity contribution >= 4 is 37.0 Å². The van der Waals surface area contributed by atoms with E-state index in [1.54, 1.807) is 6.92 Å². The van der Waals surface area contributed by atoms with Gasteiger partial charge in [-0.05, 0) is 92.3 Å². The Morgan fingerprint density at radius 3 is 1.71 bits per heavy atom. The summed E-state index contributed by atoms with van der Waals surface area (Å²) >= 11 is 0. The first-order chi connectivity index (χ1) is 41.2. The van der Waals surface area contributed by atoms with Gasteiger partial charge in [-0.1, -0.05) is 46.3 Å². The number of methoxy groups -OCH3 is 1. The number of Topliss-reactive ketones (excluding diaryl/α,β-unsaturated/α-hetero) is 1. The molecule has 5 saturated heterocycles. The van der Waals surface area contributed by atoms with E-state index in [2.05, 4.69) is 49.1 Å². The maximum Gasteiger partial charge on any atom is 0.397 e. The van der Waals surface area contributed by atoms with Gasteiger partial charge in [0, 0.05) is 13.0 Å². The first-order valence-electron chi connectivity index (χ1n) is 29.5. The van der Waals surface area contributed by atoms with E-state index in [9.17, 15) is 89.7 Å². The van der Waals surface area contributed by atoms with Gasteiger partial charge in [0.05, 0.1) is 38.6 Å². The molecule has 4 aliphatic carbocycles. The van der Waals surface area contributed by atoms with Gasteiger partial charge in [-0.2, -0.15) is 25.3 Å². The number of ketones is 1. The highest BCUT2D eigenvalue weighted by atomic mass is 32.3. The molecule has 0 aromatic heterocycles. The number of aliphatic hydroxyl groups is 9. The Bertz CT molecular complexity index is 2870. The van der Waals surface area contributed by atoms with E-state index >= 15 is 0 Å². The van der Waals surface area contributed by atoms with Gasteiger partial charge in [-0.15, -0.1) is 0 Å². The van der Waals surface area contributed by atoms with Crippen LogP contribution in [0.4, 0.5) is 0 Å². The highest BCUT2D eigenvalue weighted by Gasteiger charge is 2.67. The fourth-order valence-electron chi connectivity index (χ4n) is 16.0. The second-order valence-electron chi connectivity index (χ2n) is 26.3. The van der Waals surface area contributed by atoms with E-state index < -0.39 is 210 Å². The van der Waals surface area contributed by atoms with Crippen LogP contribution in [0.15, 0.2) is 11.6 Å². The normalized spacial score (nSPS) is 48.8. The summed E-state index contributed by atoms with van der Waals surface area (Å²) in [5.74, 6) is 0.369. The van der Waals surface area contributed by atoms with E-state index in [1.165, 1.54) is 12.5 Å². The summed E-state index contributed by atoms with van der Waals surface area (Å²) in [6.07, 6.45) is -38.3. The van der Waals surface area contributed by atoms with Gasteiger partial charge in [0.15, 0.2) is 31.5 Å². The second kappa shape index (κ2) is 26.7. The Hall–Kier alpha value is -1.78. The third kappa shape index (κ3) is 14.2. The topological polar surface area (TPSA) is 491 Å².